The van der Waals surface area contributed by atoms with E-state index in [1.165, 1.54) is 6.33 Å². The Labute approximate surface area is 93.6 Å². The highest BCUT2D eigenvalue weighted by Gasteiger charge is 2.08. The molecular weight excluding hydrogens is 208 g/mol. The van der Waals surface area contributed by atoms with Crippen molar-refractivity contribution in [3.63, 3.8) is 0 Å². The molecule has 0 saturated heterocycles. The van der Waals surface area contributed by atoms with E-state index in [0.717, 1.165) is 12.0 Å². The van der Waals surface area contributed by atoms with Crippen molar-refractivity contribution >= 4 is 17.5 Å². The highest BCUT2D eigenvalue weighted by atomic mass is 16.1. The van der Waals surface area contributed by atoms with E-state index in [1.807, 2.05) is 6.92 Å². The van der Waals surface area contributed by atoms with Crippen molar-refractivity contribution in [3.8, 4) is 0 Å². The number of amides is 1. The first-order chi connectivity index (χ1) is 7.69. The number of aromatic nitrogens is 2. The van der Waals surface area contributed by atoms with Crippen LogP contribution in [0.4, 0.5) is 11.6 Å². The first-order valence-electron chi connectivity index (χ1n) is 5.01. The molecule has 88 valence electrons. The Morgan fingerprint density at radius 3 is 2.69 bits per heavy atom. The molecule has 0 unspecified atom stereocenters. The van der Waals surface area contributed by atoms with E-state index in [1.54, 1.807) is 0 Å². The molecule has 1 amide bonds. The van der Waals surface area contributed by atoms with Gasteiger partial charge in [0.25, 0.3) is 0 Å². The Morgan fingerprint density at radius 2 is 2.12 bits per heavy atom. The van der Waals surface area contributed by atoms with Gasteiger partial charge in [0.2, 0.25) is 5.91 Å². The second-order valence-corrected chi connectivity index (χ2v) is 3.19. The summed E-state index contributed by atoms with van der Waals surface area (Å²) in [6.07, 6.45) is 2.40. The monoisotopic (exact) mass is 224 g/mol. The summed E-state index contributed by atoms with van der Waals surface area (Å²) >= 11 is 0. The summed E-state index contributed by atoms with van der Waals surface area (Å²) in [4.78, 5) is 18.7. The van der Waals surface area contributed by atoms with Crippen LogP contribution in [0.3, 0.4) is 0 Å². The molecule has 0 aliphatic heterocycles. The van der Waals surface area contributed by atoms with Gasteiger partial charge in [0.05, 0.1) is 0 Å². The van der Waals surface area contributed by atoms with E-state index in [0.29, 0.717) is 18.2 Å². The van der Waals surface area contributed by atoms with Crippen LogP contribution in [0, 0.1) is 0 Å². The van der Waals surface area contributed by atoms with Crippen molar-refractivity contribution in [2.75, 3.05) is 17.3 Å². The zero-order valence-electron chi connectivity index (χ0n) is 9.16. The van der Waals surface area contributed by atoms with E-state index in [2.05, 4.69) is 20.7 Å². The van der Waals surface area contributed by atoms with Gasteiger partial charge in [-0.15, -0.1) is 0 Å². The standard InChI is InChI=1S/C9H16N6O/c1-2-6-8(12-4-3-7(10)16)13-5-14-9(6)15-11/h5H,2-4,11H2,1H3,(H2,10,16)(H2,12,13,14,15). The average Bonchev–Trinajstić information content (AvgIpc) is 2.28. The van der Waals surface area contributed by atoms with Crippen molar-refractivity contribution in [3.05, 3.63) is 11.9 Å². The second kappa shape index (κ2) is 5.86. The number of primary amides is 1. The fraction of sp³-hybridized carbons (Fsp3) is 0.444. The third-order valence-corrected chi connectivity index (χ3v) is 2.10. The van der Waals surface area contributed by atoms with Crippen LogP contribution in [0.1, 0.15) is 18.9 Å². The van der Waals surface area contributed by atoms with Crippen LogP contribution in [-0.2, 0) is 11.2 Å². The average molecular weight is 224 g/mol. The molecule has 0 atom stereocenters. The SMILES string of the molecule is CCc1c(NN)ncnc1NCCC(N)=O. The fourth-order valence-electron chi connectivity index (χ4n) is 1.33. The molecule has 7 heteroatoms. The normalized spacial score (nSPS) is 9.88. The quantitative estimate of drug-likeness (QED) is 0.386. The van der Waals surface area contributed by atoms with Gasteiger partial charge < -0.3 is 16.5 Å². The van der Waals surface area contributed by atoms with Crippen LogP contribution in [0.5, 0.6) is 0 Å². The number of hydrazine groups is 1. The van der Waals surface area contributed by atoms with Crippen molar-refractivity contribution in [1.29, 1.82) is 0 Å². The molecule has 1 aromatic heterocycles. The number of nitrogen functional groups attached to an aromatic ring is 1. The molecule has 7 nitrogen and oxygen atoms in total. The topological polar surface area (TPSA) is 119 Å². The number of anilines is 2. The second-order valence-electron chi connectivity index (χ2n) is 3.19. The van der Waals surface area contributed by atoms with Crippen molar-refractivity contribution in [1.82, 2.24) is 9.97 Å². The lowest BCUT2D eigenvalue weighted by molar-refractivity contribution is -0.117. The first-order valence-corrected chi connectivity index (χ1v) is 5.01. The third kappa shape index (κ3) is 3.06. The molecule has 0 aliphatic carbocycles. The van der Waals surface area contributed by atoms with Crippen molar-refractivity contribution in [2.24, 2.45) is 11.6 Å². The molecule has 0 saturated carbocycles. The number of hydrogen-bond acceptors (Lipinski definition) is 6. The minimum atomic E-state index is -0.350. The maximum atomic E-state index is 10.6. The zero-order valence-corrected chi connectivity index (χ0v) is 9.16. The lowest BCUT2D eigenvalue weighted by atomic mass is 10.2. The Bertz CT molecular complexity index is 367. The predicted molar refractivity (Wildman–Crippen MR) is 61.5 cm³/mol. The number of hydrogen-bond donors (Lipinski definition) is 4. The summed E-state index contributed by atoms with van der Waals surface area (Å²) < 4.78 is 0. The smallest absolute Gasteiger partial charge is 0.219 e. The Hall–Kier alpha value is -1.89. The number of nitrogens with zero attached hydrogens (tertiary/aromatic N) is 2. The number of nitrogens with one attached hydrogen (secondary N) is 2. The van der Waals surface area contributed by atoms with Crippen LogP contribution in [-0.4, -0.2) is 22.4 Å². The maximum Gasteiger partial charge on any atom is 0.219 e. The van der Waals surface area contributed by atoms with Crippen LogP contribution < -0.4 is 22.3 Å². The van der Waals surface area contributed by atoms with Crippen LogP contribution >= 0.6 is 0 Å². The van der Waals surface area contributed by atoms with E-state index in [-0.39, 0.29) is 12.3 Å². The van der Waals surface area contributed by atoms with Gasteiger partial charge in [-0.25, -0.2) is 15.8 Å². The molecule has 6 N–H and O–H groups in total. The van der Waals surface area contributed by atoms with E-state index in [9.17, 15) is 4.79 Å². The summed E-state index contributed by atoms with van der Waals surface area (Å²) in [6.45, 7) is 2.42. The molecule has 0 aromatic carbocycles. The van der Waals surface area contributed by atoms with E-state index >= 15 is 0 Å². The van der Waals surface area contributed by atoms with Crippen molar-refractivity contribution in [2.45, 2.75) is 19.8 Å². The van der Waals surface area contributed by atoms with Gasteiger partial charge in [0.1, 0.15) is 18.0 Å². The first kappa shape index (κ1) is 12.2. The van der Waals surface area contributed by atoms with Gasteiger partial charge in [-0.1, -0.05) is 6.92 Å². The van der Waals surface area contributed by atoms with Gasteiger partial charge in [-0.3, -0.25) is 4.79 Å². The van der Waals surface area contributed by atoms with Gasteiger partial charge in [-0.05, 0) is 6.42 Å². The molecular formula is C9H16N6O. The number of rotatable bonds is 6. The zero-order chi connectivity index (χ0) is 12.0. The lowest BCUT2D eigenvalue weighted by Gasteiger charge is -2.11. The maximum absolute atomic E-state index is 10.6. The number of carbonyl (C=O) groups is 1. The lowest BCUT2D eigenvalue weighted by Crippen LogP contribution is -2.18. The molecule has 0 aliphatic rings. The molecule has 16 heavy (non-hydrogen) atoms. The number of carbonyl (C=O) groups excluding carboxylic acids is 1. The minimum absolute atomic E-state index is 0.262. The molecule has 1 rings (SSSR count). The van der Waals surface area contributed by atoms with Gasteiger partial charge in [0.15, 0.2) is 0 Å². The highest BCUT2D eigenvalue weighted by molar-refractivity contribution is 5.74. The largest absolute Gasteiger partial charge is 0.370 e. The summed E-state index contributed by atoms with van der Waals surface area (Å²) in [7, 11) is 0. The molecule has 1 heterocycles. The highest BCUT2D eigenvalue weighted by Crippen LogP contribution is 2.19. The third-order valence-electron chi connectivity index (χ3n) is 2.10. The van der Waals surface area contributed by atoms with E-state index < -0.39 is 0 Å². The van der Waals surface area contributed by atoms with Gasteiger partial charge >= 0.3 is 0 Å². The van der Waals surface area contributed by atoms with Crippen LogP contribution in [0.2, 0.25) is 0 Å². The van der Waals surface area contributed by atoms with Gasteiger partial charge in [-0.2, -0.15) is 0 Å². The summed E-state index contributed by atoms with van der Waals surface area (Å²) in [5.41, 5.74) is 8.43. The molecule has 0 spiro atoms. The summed E-state index contributed by atoms with van der Waals surface area (Å²) in [5, 5.41) is 3.02. The van der Waals surface area contributed by atoms with Crippen LogP contribution in [0.15, 0.2) is 6.33 Å². The number of nitrogens with two attached hydrogens (primary N) is 2. The van der Waals surface area contributed by atoms with Gasteiger partial charge in [0, 0.05) is 18.5 Å². The van der Waals surface area contributed by atoms with Crippen LogP contribution in [0.25, 0.3) is 0 Å². The van der Waals surface area contributed by atoms with E-state index in [4.69, 9.17) is 11.6 Å². The van der Waals surface area contributed by atoms with Crippen molar-refractivity contribution < 1.29 is 4.79 Å². The minimum Gasteiger partial charge on any atom is -0.370 e. The molecule has 1 aromatic rings. The predicted octanol–water partition coefficient (Wildman–Crippen LogP) is -0.388. The fourth-order valence-corrected chi connectivity index (χ4v) is 1.33. The molecule has 0 bridgehead atoms. The summed E-state index contributed by atoms with van der Waals surface area (Å²) in [6, 6.07) is 0. The Morgan fingerprint density at radius 1 is 1.44 bits per heavy atom. The molecule has 0 fully saturated rings. The Balaban J connectivity index is 2.74. The Kier molecular flexibility index (Phi) is 4.46. The summed E-state index contributed by atoms with van der Waals surface area (Å²) in [5.74, 6) is 6.23. The molecule has 0 radical (unpaired) electrons.